The summed E-state index contributed by atoms with van der Waals surface area (Å²) in [5.41, 5.74) is 4.45. The first-order valence-corrected chi connectivity index (χ1v) is 6.49. The van der Waals surface area contributed by atoms with Crippen molar-refractivity contribution < 1.29 is 4.84 Å². The second-order valence-electron chi connectivity index (χ2n) is 4.53. The number of aliphatic imine (C=N–C) groups is 1. The van der Waals surface area contributed by atoms with Crippen LogP contribution in [0.1, 0.15) is 24.5 Å². The average molecular weight is 252 g/mol. The van der Waals surface area contributed by atoms with Gasteiger partial charge in [0.25, 0.3) is 0 Å². The van der Waals surface area contributed by atoms with Gasteiger partial charge in [-0.15, -0.1) is 0 Å². The van der Waals surface area contributed by atoms with Crippen LogP contribution in [0.4, 0.5) is 0 Å². The fraction of sp³-hybridized carbons (Fsp3) is 0.188. The summed E-state index contributed by atoms with van der Waals surface area (Å²) in [5.74, 6) is 0.784. The van der Waals surface area contributed by atoms with E-state index in [-0.39, 0.29) is 0 Å². The molecule has 3 rings (SSSR count). The monoisotopic (exact) mass is 252 g/mol. The predicted molar refractivity (Wildman–Crippen MR) is 75.6 cm³/mol. The molecule has 3 heteroatoms. The summed E-state index contributed by atoms with van der Waals surface area (Å²) in [7, 11) is 0. The van der Waals surface area contributed by atoms with Crippen LogP contribution in [-0.2, 0) is 10.6 Å². The van der Waals surface area contributed by atoms with E-state index in [2.05, 4.69) is 12.4 Å². The highest BCUT2D eigenvalue weighted by Crippen LogP contribution is 2.33. The minimum atomic E-state index is -0.619. The second kappa shape index (κ2) is 4.86. The van der Waals surface area contributed by atoms with Gasteiger partial charge >= 0.3 is 0 Å². The number of hydrogen-bond donors (Lipinski definition) is 1. The highest BCUT2D eigenvalue weighted by molar-refractivity contribution is 5.99. The number of nitrogens with zero attached hydrogens (tertiary/aromatic N) is 1. The molecule has 1 heterocycles. The molecule has 0 fully saturated rings. The van der Waals surface area contributed by atoms with E-state index < -0.39 is 5.72 Å². The lowest BCUT2D eigenvalue weighted by Crippen LogP contribution is -2.27. The van der Waals surface area contributed by atoms with E-state index in [0.29, 0.717) is 0 Å². The Hall–Kier alpha value is -2.13. The molecule has 2 aromatic rings. The van der Waals surface area contributed by atoms with Gasteiger partial charge in [-0.25, -0.2) is 15.3 Å². The standard InChI is InChI=1S/C16H16N2O/c1-2-16(14-11-7-4-8-12-14)17-15(18-19-16)13-9-5-3-6-10-13/h3-12H,2H2,1H3,(H,17,18)/t16-/m0/s1. The van der Waals surface area contributed by atoms with Gasteiger partial charge in [0.05, 0.1) is 0 Å². The molecule has 0 unspecified atom stereocenters. The molecule has 19 heavy (non-hydrogen) atoms. The Morgan fingerprint density at radius 1 is 1.00 bits per heavy atom. The lowest BCUT2D eigenvalue weighted by Gasteiger charge is -2.22. The maximum Gasteiger partial charge on any atom is 0.212 e. The minimum Gasteiger partial charge on any atom is -0.246 e. The van der Waals surface area contributed by atoms with Crippen LogP contribution in [0.2, 0.25) is 0 Å². The van der Waals surface area contributed by atoms with Crippen molar-refractivity contribution >= 4 is 5.84 Å². The van der Waals surface area contributed by atoms with E-state index in [0.717, 1.165) is 23.4 Å². The van der Waals surface area contributed by atoms with Gasteiger partial charge in [-0.05, 0) is 0 Å². The Morgan fingerprint density at radius 3 is 2.26 bits per heavy atom. The third-order valence-corrected chi connectivity index (χ3v) is 3.36. The van der Waals surface area contributed by atoms with E-state index in [1.54, 1.807) is 0 Å². The molecule has 0 saturated carbocycles. The van der Waals surface area contributed by atoms with Crippen LogP contribution in [0.25, 0.3) is 0 Å². The van der Waals surface area contributed by atoms with Crippen molar-refractivity contribution in [3.05, 3.63) is 71.8 Å². The van der Waals surface area contributed by atoms with Crippen LogP contribution < -0.4 is 5.48 Å². The zero-order valence-electron chi connectivity index (χ0n) is 10.8. The van der Waals surface area contributed by atoms with Crippen LogP contribution >= 0.6 is 0 Å². The zero-order chi connectivity index (χ0) is 13.1. The molecule has 0 spiro atoms. The Bertz CT molecular complexity index is 580. The van der Waals surface area contributed by atoms with Gasteiger partial charge in [0.1, 0.15) is 0 Å². The Kier molecular flexibility index (Phi) is 3.05. The molecule has 0 aromatic heterocycles. The largest absolute Gasteiger partial charge is 0.246 e. The molecule has 96 valence electrons. The first kappa shape index (κ1) is 11.9. The Balaban J connectivity index is 2.00. The predicted octanol–water partition coefficient (Wildman–Crippen LogP) is 3.23. The van der Waals surface area contributed by atoms with Gasteiger partial charge in [0, 0.05) is 17.5 Å². The molecule has 1 atom stereocenters. The van der Waals surface area contributed by atoms with Crippen molar-refractivity contribution in [2.75, 3.05) is 0 Å². The normalized spacial score (nSPS) is 21.8. The van der Waals surface area contributed by atoms with E-state index >= 15 is 0 Å². The number of hydroxylamine groups is 1. The quantitative estimate of drug-likeness (QED) is 0.909. The first-order chi connectivity index (χ1) is 9.34. The topological polar surface area (TPSA) is 33.6 Å². The van der Waals surface area contributed by atoms with Gasteiger partial charge in [0.2, 0.25) is 5.72 Å². The fourth-order valence-electron chi connectivity index (χ4n) is 2.26. The second-order valence-corrected chi connectivity index (χ2v) is 4.53. The lowest BCUT2D eigenvalue weighted by molar-refractivity contribution is -0.0618. The van der Waals surface area contributed by atoms with Gasteiger partial charge in [0.15, 0.2) is 5.84 Å². The third-order valence-electron chi connectivity index (χ3n) is 3.36. The molecule has 0 aliphatic carbocycles. The summed E-state index contributed by atoms with van der Waals surface area (Å²) in [5, 5.41) is 0. The van der Waals surface area contributed by atoms with Crippen LogP contribution in [0.5, 0.6) is 0 Å². The number of hydrogen-bond acceptors (Lipinski definition) is 3. The molecule has 0 amide bonds. The van der Waals surface area contributed by atoms with Crippen molar-refractivity contribution in [3.63, 3.8) is 0 Å². The molecule has 1 aliphatic rings. The Morgan fingerprint density at radius 2 is 1.63 bits per heavy atom. The van der Waals surface area contributed by atoms with Crippen LogP contribution in [0.15, 0.2) is 65.7 Å². The summed E-state index contributed by atoms with van der Waals surface area (Å²) < 4.78 is 0. The summed E-state index contributed by atoms with van der Waals surface area (Å²) in [6.45, 7) is 2.08. The highest BCUT2D eigenvalue weighted by Gasteiger charge is 2.37. The van der Waals surface area contributed by atoms with Gasteiger partial charge in [-0.2, -0.15) is 0 Å². The smallest absolute Gasteiger partial charge is 0.212 e. The molecule has 1 aliphatic heterocycles. The van der Waals surface area contributed by atoms with Gasteiger partial charge in [-0.1, -0.05) is 67.6 Å². The molecule has 2 aromatic carbocycles. The average Bonchev–Trinajstić information content (AvgIpc) is 2.95. The van der Waals surface area contributed by atoms with Crippen LogP contribution in [0.3, 0.4) is 0 Å². The molecular weight excluding hydrogens is 236 g/mol. The highest BCUT2D eigenvalue weighted by atomic mass is 16.7. The van der Waals surface area contributed by atoms with Crippen molar-refractivity contribution in [2.45, 2.75) is 19.1 Å². The number of nitrogens with one attached hydrogen (secondary N) is 1. The molecular formula is C16H16N2O. The summed E-state index contributed by atoms with van der Waals surface area (Å²) in [4.78, 5) is 10.6. The summed E-state index contributed by atoms with van der Waals surface area (Å²) in [6, 6.07) is 20.1. The van der Waals surface area contributed by atoms with Gasteiger partial charge in [-0.3, -0.25) is 0 Å². The van der Waals surface area contributed by atoms with Crippen molar-refractivity contribution in [1.29, 1.82) is 0 Å². The summed E-state index contributed by atoms with van der Waals surface area (Å²) in [6.07, 6.45) is 0.778. The number of rotatable bonds is 3. The lowest BCUT2D eigenvalue weighted by atomic mass is 10.0. The minimum absolute atomic E-state index is 0.619. The maximum atomic E-state index is 5.79. The molecule has 0 radical (unpaired) electrons. The fourth-order valence-corrected chi connectivity index (χ4v) is 2.26. The molecule has 1 N–H and O–H groups in total. The molecule has 3 nitrogen and oxygen atoms in total. The van der Waals surface area contributed by atoms with Crippen molar-refractivity contribution in [2.24, 2.45) is 4.99 Å². The number of benzene rings is 2. The van der Waals surface area contributed by atoms with Crippen molar-refractivity contribution in [3.8, 4) is 0 Å². The Labute approximate surface area is 112 Å². The van der Waals surface area contributed by atoms with E-state index in [9.17, 15) is 0 Å². The SMILES string of the molecule is CC[C@]1(c2ccccc2)N=C(c2ccccc2)NO1. The van der Waals surface area contributed by atoms with E-state index in [1.165, 1.54) is 0 Å². The summed E-state index contributed by atoms with van der Waals surface area (Å²) >= 11 is 0. The van der Waals surface area contributed by atoms with Crippen LogP contribution in [-0.4, -0.2) is 5.84 Å². The van der Waals surface area contributed by atoms with E-state index in [1.807, 2.05) is 60.7 Å². The first-order valence-electron chi connectivity index (χ1n) is 6.49. The molecule has 0 bridgehead atoms. The van der Waals surface area contributed by atoms with Crippen LogP contribution in [0, 0.1) is 0 Å². The van der Waals surface area contributed by atoms with Gasteiger partial charge < -0.3 is 0 Å². The molecule has 0 saturated heterocycles. The number of amidine groups is 1. The maximum absolute atomic E-state index is 5.79. The van der Waals surface area contributed by atoms with E-state index in [4.69, 9.17) is 9.83 Å². The third kappa shape index (κ3) is 2.13. The van der Waals surface area contributed by atoms with Crippen molar-refractivity contribution in [1.82, 2.24) is 5.48 Å². The zero-order valence-corrected chi connectivity index (χ0v) is 10.8.